The molecule has 4 nitrogen and oxygen atoms in total. The Morgan fingerprint density at radius 2 is 1.83 bits per heavy atom. The molecule has 0 unspecified atom stereocenters. The molecule has 2 aromatic heterocycles. The van der Waals surface area contributed by atoms with Crippen LogP contribution in [0.25, 0.3) is 28.2 Å². The highest BCUT2D eigenvalue weighted by Gasteiger charge is 2.18. The van der Waals surface area contributed by atoms with E-state index in [1.165, 1.54) is 5.56 Å². The molecule has 0 saturated carbocycles. The van der Waals surface area contributed by atoms with Crippen molar-refractivity contribution < 1.29 is 0 Å². The summed E-state index contributed by atoms with van der Waals surface area (Å²) in [6.45, 7) is 6.55. The fourth-order valence-corrected chi connectivity index (χ4v) is 4.58. The van der Waals surface area contributed by atoms with Crippen molar-refractivity contribution in [3.05, 3.63) is 88.9 Å². The fraction of sp³-hybridized carbons (Fsp3) is 0.200. The van der Waals surface area contributed by atoms with E-state index in [1.807, 2.05) is 46.7 Å². The average molecular weight is 416 g/mol. The van der Waals surface area contributed by atoms with Crippen molar-refractivity contribution in [1.82, 2.24) is 14.1 Å². The van der Waals surface area contributed by atoms with Gasteiger partial charge in [0.15, 0.2) is 5.16 Å². The van der Waals surface area contributed by atoms with Gasteiger partial charge in [-0.15, -0.1) is 0 Å². The van der Waals surface area contributed by atoms with Crippen LogP contribution in [0.3, 0.4) is 0 Å². The number of hydrogen-bond acceptors (Lipinski definition) is 3. The summed E-state index contributed by atoms with van der Waals surface area (Å²) >= 11 is 1.61. The third-order valence-corrected chi connectivity index (χ3v) is 6.20. The lowest BCUT2D eigenvalue weighted by molar-refractivity contribution is 0.582. The number of hydrogen-bond donors (Lipinski definition) is 0. The van der Waals surface area contributed by atoms with Crippen molar-refractivity contribution in [2.24, 2.45) is 7.05 Å². The summed E-state index contributed by atoms with van der Waals surface area (Å²) in [5.74, 6) is 0.757. The summed E-state index contributed by atoms with van der Waals surface area (Å²) in [5.41, 5.74) is 5.80. The van der Waals surface area contributed by atoms with Crippen LogP contribution in [0.5, 0.6) is 0 Å². The molecule has 0 amide bonds. The van der Waals surface area contributed by atoms with E-state index in [2.05, 4.69) is 49.9 Å². The Morgan fingerprint density at radius 1 is 1.10 bits per heavy atom. The van der Waals surface area contributed by atoms with Crippen molar-refractivity contribution in [3.8, 4) is 11.1 Å². The van der Waals surface area contributed by atoms with Crippen LogP contribution in [0.15, 0.2) is 77.3 Å². The maximum Gasteiger partial charge on any atom is 0.278 e. The smallest absolute Gasteiger partial charge is 0.278 e. The van der Waals surface area contributed by atoms with Gasteiger partial charge in [0.2, 0.25) is 0 Å². The van der Waals surface area contributed by atoms with Gasteiger partial charge in [0.1, 0.15) is 11.0 Å². The topological polar surface area (TPSA) is 39.8 Å². The number of fused-ring (bicyclic) bond motifs is 1. The minimum Gasteiger partial charge on any atom is -0.344 e. The average Bonchev–Trinajstić information content (AvgIpc) is 3.12. The van der Waals surface area contributed by atoms with E-state index in [0.29, 0.717) is 12.1 Å². The first-order valence-corrected chi connectivity index (χ1v) is 11.1. The normalized spacial score (nSPS) is 11.1. The molecule has 0 aliphatic heterocycles. The molecule has 0 radical (unpaired) electrons. The monoisotopic (exact) mass is 415 g/mol. The fourth-order valence-electron chi connectivity index (χ4n) is 3.61. The van der Waals surface area contributed by atoms with Crippen LogP contribution in [0.2, 0.25) is 0 Å². The van der Waals surface area contributed by atoms with E-state index in [-0.39, 0.29) is 5.56 Å². The summed E-state index contributed by atoms with van der Waals surface area (Å²) in [6.07, 6.45) is 4.73. The van der Waals surface area contributed by atoms with Crippen molar-refractivity contribution in [3.63, 3.8) is 0 Å². The lowest BCUT2D eigenvalue weighted by Gasteiger charge is -2.12. The first-order valence-electron chi connectivity index (χ1n) is 10.1. The van der Waals surface area contributed by atoms with Crippen molar-refractivity contribution in [2.75, 3.05) is 0 Å². The highest BCUT2D eigenvalue weighted by atomic mass is 32.2. The first-order chi connectivity index (χ1) is 14.6. The van der Waals surface area contributed by atoms with Gasteiger partial charge in [0.25, 0.3) is 5.56 Å². The summed E-state index contributed by atoms with van der Waals surface area (Å²) in [6, 6.07) is 18.4. The Bertz CT molecular complexity index is 1240. The first kappa shape index (κ1) is 20.2. The second-order valence-electron chi connectivity index (χ2n) is 7.30. The van der Waals surface area contributed by atoms with Crippen LogP contribution in [0, 0.1) is 0 Å². The maximum absolute atomic E-state index is 13.4. The van der Waals surface area contributed by atoms with E-state index in [4.69, 9.17) is 4.98 Å². The van der Waals surface area contributed by atoms with Gasteiger partial charge in [0.05, 0.1) is 0 Å². The summed E-state index contributed by atoms with van der Waals surface area (Å²) < 4.78 is 3.72. The lowest BCUT2D eigenvalue weighted by Crippen LogP contribution is -2.24. The summed E-state index contributed by atoms with van der Waals surface area (Å²) in [4.78, 5) is 18.4. The van der Waals surface area contributed by atoms with E-state index < -0.39 is 0 Å². The predicted molar refractivity (Wildman–Crippen MR) is 127 cm³/mol. The second kappa shape index (κ2) is 8.76. The third-order valence-electron chi connectivity index (χ3n) is 5.16. The Morgan fingerprint density at radius 3 is 2.50 bits per heavy atom. The van der Waals surface area contributed by atoms with Gasteiger partial charge in [-0.3, -0.25) is 9.36 Å². The molecule has 0 bridgehead atoms. The predicted octanol–water partition coefficient (Wildman–Crippen LogP) is 5.75. The molecule has 4 aromatic rings. The quantitative estimate of drug-likeness (QED) is 0.285. The Hall–Kier alpha value is -3.05. The number of nitrogens with zero attached hydrogens (tertiary/aromatic N) is 3. The molecule has 0 aliphatic rings. The van der Waals surface area contributed by atoms with E-state index >= 15 is 0 Å². The third kappa shape index (κ3) is 3.85. The van der Waals surface area contributed by atoms with Crippen molar-refractivity contribution >= 4 is 28.9 Å². The van der Waals surface area contributed by atoms with Gasteiger partial charge in [-0.1, -0.05) is 85.9 Å². The molecule has 5 heteroatoms. The van der Waals surface area contributed by atoms with E-state index in [0.717, 1.165) is 39.5 Å². The largest absolute Gasteiger partial charge is 0.344 e. The molecular weight excluding hydrogens is 390 g/mol. The van der Waals surface area contributed by atoms with Gasteiger partial charge < -0.3 is 4.57 Å². The van der Waals surface area contributed by atoms with Crippen LogP contribution in [0.4, 0.5) is 0 Å². The zero-order valence-corrected chi connectivity index (χ0v) is 18.2. The van der Waals surface area contributed by atoms with Crippen molar-refractivity contribution in [1.29, 1.82) is 0 Å². The SMILES string of the molecule is C=Cc1ccc(CSc2nc3c(-c4ccccc4)cn(C)c3c(=O)n2CCC)cc1. The molecule has 2 aromatic carbocycles. The standard InChI is InChI=1S/C25H25N3OS/c1-4-15-28-24(29)23-22(21(16-27(23)3)20-9-7-6-8-10-20)26-25(28)30-17-19-13-11-18(5-2)12-14-19/h5-14,16H,2,4,15,17H2,1,3H3. The lowest BCUT2D eigenvalue weighted by atomic mass is 10.1. The minimum atomic E-state index is 0.0241. The molecule has 0 spiro atoms. The molecular formula is C25H25N3OS. The molecule has 2 heterocycles. The van der Waals surface area contributed by atoms with Crippen molar-refractivity contribution in [2.45, 2.75) is 30.8 Å². The highest BCUT2D eigenvalue weighted by molar-refractivity contribution is 7.98. The van der Waals surface area contributed by atoms with Gasteiger partial charge in [-0.05, 0) is 23.1 Å². The van der Waals surface area contributed by atoms with E-state index in [9.17, 15) is 4.79 Å². The van der Waals surface area contributed by atoms with Crippen LogP contribution in [-0.4, -0.2) is 14.1 Å². The van der Waals surface area contributed by atoms with Crippen LogP contribution in [0.1, 0.15) is 24.5 Å². The van der Waals surface area contributed by atoms with Gasteiger partial charge in [-0.25, -0.2) is 4.98 Å². The van der Waals surface area contributed by atoms with Crippen LogP contribution in [-0.2, 0) is 19.3 Å². The van der Waals surface area contributed by atoms with Gasteiger partial charge in [0, 0.05) is 31.1 Å². The number of aryl methyl sites for hydroxylation is 1. The highest BCUT2D eigenvalue weighted by Crippen LogP contribution is 2.30. The molecule has 152 valence electrons. The molecule has 0 N–H and O–H groups in total. The number of aromatic nitrogens is 3. The summed E-state index contributed by atoms with van der Waals surface area (Å²) in [7, 11) is 1.92. The molecule has 0 fully saturated rings. The number of thioether (sulfide) groups is 1. The Labute approximate surface area is 180 Å². The Kier molecular flexibility index (Phi) is 5.91. The summed E-state index contributed by atoms with van der Waals surface area (Å²) in [5, 5.41) is 0.769. The van der Waals surface area contributed by atoms with Gasteiger partial charge >= 0.3 is 0 Å². The number of rotatable bonds is 7. The molecule has 0 aliphatic carbocycles. The van der Waals surface area contributed by atoms with E-state index in [1.54, 1.807) is 11.8 Å². The zero-order chi connectivity index (χ0) is 21.1. The number of benzene rings is 2. The molecule has 0 saturated heterocycles. The molecule has 4 rings (SSSR count). The van der Waals surface area contributed by atoms with Gasteiger partial charge in [-0.2, -0.15) is 0 Å². The minimum absolute atomic E-state index is 0.0241. The molecule has 30 heavy (non-hydrogen) atoms. The second-order valence-corrected chi connectivity index (χ2v) is 8.24. The maximum atomic E-state index is 13.4. The van der Waals surface area contributed by atoms with Crippen LogP contribution < -0.4 is 5.56 Å². The van der Waals surface area contributed by atoms with Crippen LogP contribution >= 0.6 is 11.8 Å². The molecule has 0 atom stereocenters. The zero-order valence-electron chi connectivity index (χ0n) is 17.3. The Balaban J connectivity index is 1.79.